The fraction of sp³-hybridized carbons (Fsp3) is 0.533. The fourth-order valence-electron chi connectivity index (χ4n) is 3.02. The summed E-state index contributed by atoms with van der Waals surface area (Å²) in [5, 5.41) is 2.74. The Labute approximate surface area is 125 Å². The van der Waals surface area contributed by atoms with Crippen molar-refractivity contribution < 1.29 is 13.2 Å². The predicted octanol–water partition coefficient (Wildman–Crippen LogP) is 1.12. The molecule has 0 spiro atoms. The molecule has 1 aromatic rings. The van der Waals surface area contributed by atoms with Gasteiger partial charge in [-0.05, 0) is 61.8 Å². The first-order valence-electron chi connectivity index (χ1n) is 7.48. The molecule has 1 amide bonds. The Morgan fingerprint density at radius 3 is 2.76 bits per heavy atom. The molecule has 1 aliphatic carbocycles. The van der Waals surface area contributed by atoms with E-state index in [1.165, 1.54) is 5.56 Å². The second-order valence-corrected chi connectivity index (χ2v) is 7.46. The van der Waals surface area contributed by atoms with Crippen molar-refractivity contribution in [2.24, 2.45) is 0 Å². The highest BCUT2D eigenvalue weighted by Gasteiger charge is 2.27. The zero-order valence-corrected chi connectivity index (χ0v) is 12.7. The minimum absolute atomic E-state index is 0.225. The lowest BCUT2D eigenvalue weighted by Gasteiger charge is -2.16. The molecule has 1 aliphatic heterocycles. The zero-order chi connectivity index (χ0) is 14.9. The minimum Gasteiger partial charge on any atom is -0.355 e. The fourth-order valence-corrected chi connectivity index (χ4v) is 4.30. The molecule has 2 N–H and O–H groups in total. The highest BCUT2D eigenvalue weighted by Crippen LogP contribution is 2.25. The highest BCUT2D eigenvalue weighted by molar-refractivity contribution is 7.89. The van der Waals surface area contributed by atoms with Crippen LogP contribution in [0.25, 0.3) is 0 Å². The molecular formula is C15H20N2O3S. The standard InChI is InChI=1S/C15H20N2O3S/c18-15-14(6-1-2-9-16-15)17-21(19,20)13-8-7-11-4-3-5-12(11)10-13/h7-8,10,14,17H,1-6,9H2,(H,16,18). The van der Waals surface area contributed by atoms with Crippen LogP contribution in [0.15, 0.2) is 23.1 Å². The normalized spacial score (nSPS) is 22.5. The van der Waals surface area contributed by atoms with E-state index in [0.717, 1.165) is 37.7 Å². The predicted molar refractivity (Wildman–Crippen MR) is 79.4 cm³/mol. The van der Waals surface area contributed by atoms with Crippen molar-refractivity contribution in [3.05, 3.63) is 29.3 Å². The third-order valence-corrected chi connectivity index (χ3v) is 5.68. The second-order valence-electron chi connectivity index (χ2n) is 5.74. The number of carbonyl (C=O) groups is 1. The summed E-state index contributed by atoms with van der Waals surface area (Å²) in [6, 6.07) is 4.62. The minimum atomic E-state index is -3.64. The molecule has 0 bridgehead atoms. The molecule has 0 aromatic heterocycles. The van der Waals surface area contributed by atoms with Crippen LogP contribution < -0.4 is 10.0 Å². The molecule has 0 radical (unpaired) electrons. The smallest absolute Gasteiger partial charge is 0.241 e. The number of amides is 1. The average Bonchev–Trinajstić information content (AvgIpc) is 2.84. The summed E-state index contributed by atoms with van der Waals surface area (Å²) in [4.78, 5) is 12.1. The van der Waals surface area contributed by atoms with Crippen LogP contribution in [0.2, 0.25) is 0 Å². The van der Waals surface area contributed by atoms with Crippen LogP contribution in [-0.4, -0.2) is 26.9 Å². The van der Waals surface area contributed by atoms with Gasteiger partial charge in [-0.15, -0.1) is 0 Å². The van der Waals surface area contributed by atoms with Gasteiger partial charge in [0, 0.05) is 6.54 Å². The van der Waals surface area contributed by atoms with Gasteiger partial charge in [-0.25, -0.2) is 8.42 Å². The number of nitrogens with one attached hydrogen (secondary N) is 2. The first-order valence-corrected chi connectivity index (χ1v) is 8.96. The summed E-state index contributed by atoms with van der Waals surface area (Å²) in [6.45, 7) is 0.621. The highest BCUT2D eigenvalue weighted by atomic mass is 32.2. The van der Waals surface area contributed by atoms with Gasteiger partial charge in [0.05, 0.1) is 4.90 Å². The number of fused-ring (bicyclic) bond motifs is 1. The van der Waals surface area contributed by atoms with Crippen LogP contribution in [0, 0.1) is 0 Å². The molecule has 6 heteroatoms. The Bertz CT molecular complexity index is 655. The molecular weight excluding hydrogens is 288 g/mol. The summed E-state index contributed by atoms with van der Waals surface area (Å²) < 4.78 is 27.5. The van der Waals surface area contributed by atoms with Gasteiger partial charge in [0.25, 0.3) is 0 Å². The monoisotopic (exact) mass is 308 g/mol. The lowest BCUT2D eigenvalue weighted by Crippen LogP contribution is -2.45. The van der Waals surface area contributed by atoms with Crippen LogP contribution in [-0.2, 0) is 27.7 Å². The molecule has 1 atom stereocenters. The quantitative estimate of drug-likeness (QED) is 0.879. The summed E-state index contributed by atoms with van der Waals surface area (Å²) in [5.41, 5.74) is 2.35. The van der Waals surface area contributed by atoms with Crippen molar-refractivity contribution in [2.45, 2.75) is 49.5 Å². The largest absolute Gasteiger partial charge is 0.355 e. The van der Waals surface area contributed by atoms with Gasteiger partial charge in [-0.2, -0.15) is 4.72 Å². The molecule has 21 heavy (non-hydrogen) atoms. The maximum atomic E-state index is 12.5. The van der Waals surface area contributed by atoms with E-state index < -0.39 is 16.1 Å². The summed E-state index contributed by atoms with van der Waals surface area (Å²) in [6.07, 6.45) is 5.32. The number of hydrogen-bond donors (Lipinski definition) is 2. The van der Waals surface area contributed by atoms with Gasteiger partial charge in [0.2, 0.25) is 15.9 Å². The zero-order valence-electron chi connectivity index (χ0n) is 11.9. The van der Waals surface area contributed by atoms with Crippen LogP contribution in [0.4, 0.5) is 0 Å². The van der Waals surface area contributed by atoms with Gasteiger partial charge in [0.15, 0.2) is 0 Å². The molecule has 1 aromatic carbocycles. The van der Waals surface area contributed by atoms with Crippen molar-refractivity contribution in [1.29, 1.82) is 0 Å². The van der Waals surface area contributed by atoms with E-state index in [9.17, 15) is 13.2 Å². The Morgan fingerprint density at radius 1 is 1.10 bits per heavy atom. The third-order valence-electron chi connectivity index (χ3n) is 4.21. The van der Waals surface area contributed by atoms with Gasteiger partial charge < -0.3 is 5.32 Å². The van der Waals surface area contributed by atoms with Crippen molar-refractivity contribution in [3.63, 3.8) is 0 Å². The maximum Gasteiger partial charge on any atom is 0.241 e. The molecule has 1 unspecified atom stereocenters. The van der Waals surface area contributed by atoms with Crippen LogP contribution in [0.3, 0.4) is 0 Å². The molecule has 1 heterocycles. The topological polar surface area (TPSA) is 75.3 Å². The number of hydrogen-bond acceptors (Lipinski definition) is 3. The number of carbonyl (C=O) groups excluding carboxylic acids is 1. The Balaban J connectivity index is 1.81. The first-order chi connectivity index (χ1) is 10.1. The van der Waals surface area contributed by atoms with Crippen LogP contribution in [0.1, 0.15) is 36.8 Å². The first kappa shape index (κ1) is 14.5. The maximum absolute atomic E-state index is 12.5. The molecule has 1 fully saturated rings. The molecule has 114 valence electrons. The summed E-state index contributed by atoms with van der Waals surface area (Å²) in [7, 11) is -3.64. The number of rotatable bonds is 3. The number of sulfonamides is 1. The van der Waals surface area contributed by atoms with Gasteiger partial charge in [-0.1, -0.05) is 6.07 Å². The van der Waals surface area contributed by atoms with Gasteiger partial charge in [0.1, 0.15) is 6.04 Å². The van der Waals surface area contributed by atoms with Crippen LogP contribution in [0.5, 0.6) is 0 Å². The van der Waals surface area contributed by atoms with Crippen molar-refractivity contribution in [1.82, 2.24) is 10.0 Å². The van der Waals surface area contributed by atoms with E-state index in [2.05, 4.69) is 10.0 Å². The average molecular weight is 308 g/mol. The Hall–Kier alpha value is -1.40. The third kappa shape index (κ3) is 3.11. The second kappa shape index (κ2) is 5.77. The van der Waals surface area contributed by atoms with Crippen LogP contribution >= 0.6 is 0 Å². The van der Waals surface area contributed by atoms with E-state index >= 15 is 0 Å². The van der Waals surface area contributed by atoms with E-state index in [-0.39, 0.29) is 10.8 Å². The summed E-state index contributed by atoms with van der Waals surface area (Å²) in [5.74, 6) is -0.225. The van der Waals surface area contributed by atoms with Gasteiger partial charge >= 0.3 is 0 Å². The van der Waals surface area contributed by atoms with E-state index in [4.69, 9.17) is 0 Å². The lowest BCUT2D eigenvalue weighted by molar-refractivity contribution is -0.122. The van der Waals surface area contributed by atoms with Crippen molar-refractivity contribution in [3.8, 4) is 0 Å². The Morgan fingerprint density at radius 2 is 1.90 bits per heavy atom. The molecule has 3 rings (SSSR count). The van der Waals surface area contributed by atoms with E-state index in [1.807, 2.05) is 6.07 Å². The van der Waals surface area contributed by atoms with E-state index in [1.54, 1.807) is 12.1 Å². The lowest BCUT2D eigenvalue weighted by atomic mass is 10.1. The molecule has 2 aliphatic rings. The Kier molecular flexibility index (Phi) is 3.99. The summed E-state index contributed by atoms with van der Waals surface area (Å²) >= 11 is 0. The van der Waals surface area contributed by atoms with Crippen molar-refractivity contribution >= 4 is 15.9 Å². The number of aryl methyl sites for hydroxylation is 2. The van der Waals surface area contributed by atoms with Gasteiger partial charge in [-0.3, -0.25) is 4.79 Å². The molecule has 5 nitrogen and oxygen atoms in total. The SMILES string of the molecule is O=C1NCCCCC1NS(=O)(=O)c1ccc2c(c1)CCC2. The van der Waals surface area contributed by atoms with Crippen molar-refractivity contribution in [2.75, 3.05) is 6.54 Å². The molecule has 1 saturated heterocycles. The molecule has 0 saturated carbocycles. The van der Waals surface area contributed by atoms with E-state index in [0.29, 0.717) is 13.0 Å². The number of benzene rings is 1.